The summed E-state index contributed by atoms with van der Waals surface area (Å²) in [6, 6.07) is 0.821. The molecular weight excluding hydrogens is 190 g/mol. The first-order valence-corrected chi connectivity index (χ1v) is 6.16. The van der Waals surface area contributed by atoms with Crippen molar-refractivity contribution in [3.05, 3.63) is 0 Å². The molecule has 1 aliphatic carbocycles. The molecule has 1 saturated carbocycles. The van der Waals surface area contributed by atoms with Crippen LogP contribution < -0.4 is 0 Å². The third kappa shape index (κ3) is 2.79. The molecule has 1 aliphatic heterocycles. The van der Waals surface area contributed by atoms with Crippen LogP contribution in [0.4, 0.5) is 0 Å². The van der Waals surface area contributed by atoms with E-state index < -0.39 is 0 Å². The second kappa shape index (κ2) is 5.08. The fraction of sp³-hybridized carbons (Fsp3) is 0.917. The van der Waals surface area contributed by atoms with Crippen LogP contribution in [0.25, 0.3) is 0 Å². The Morgan fingerprint density at radius 2 is 2.27 bits per heavy atom. The average Bonchev–Trinajstić information content (AvgIpc) is 3.10. The lowest BCUT2D eigenvalue weighted by molar-refractivity contribution is -0.122. The lowest BCUT2D eigenvalue weighted by Gasteiger charge is -2.35. The lowest BCUT2D eigenvalue weighted by atomic mass is 9.93. The van der Waals surface area contributed by atoms with Gasteiger partial charge in [-0.1, -0.05) is 0 Å². The Kier molecular flexibility index (Phi) is 3.76. The number of likely N-dealkylation sites (tertiary alicyclic amines) is 1. The molecular formula is C12H21NO2. The molecule has 2 unspecified atom stereocenters. The van der Waals surface area contributed by atoms with Crippen LogP contribution in [0.1, 0.15) is 32.6 Å². The van der Waals surface area contributed by atoms with Gasteiger partial charge in [-0.15, -0.1) is 0 Å². The molecule has 0 spiro atoms. The minimum absolute atomic E-state index is 0.170. The maximum atomic E-state index is 10.9. The summed E-state index contributed by atoms with van der Waals surface area (Å²) in [7, 11) is 0. The zero-order valence-corrected chi connectivity index (χ0v) is 9.52. The van der Waals surface area contributed by atoms with Gasteiger partial charge in [-0.3, -0.25) is 4.90 Å². The van der Waals surface area contributed by atoms with Crippen molar-refractivity contribution < 1.29 is 9.53 Å². The van der Waals surface area contributed by atoms with E-state index in [0.29, 0.717) is 12.5 Å². The zero-order valence-electron chi connectivity index (χ0n) is 9.52. The number of nitrogens with zero attached hydrogens (tertiary/aromatic N) is 1. The lowest BCUT2D eigenvalue weighted by Crippen LogP contribution is -2.42. The Hall–Kier alpha value is -0.410. The molecule has 1 heterocycles. The summed E-state index contributed by atoms with van der Waals surface area (Å²) in [5, 5.41) is 0. The van der Waals surface area contributed by atoms with E-state index in [-0.39, 0.29) is 6.10 Å². The van der Waals surface area contributed by atoms with E-state index in [0.717, 1.165) is 25.3 Å². The van der Waals surface area contributed by atoms with Crippen LogP contribution in [-0.4, -0.2) is 43.0 Å². The third-order valence-electron chi connectivity index (χ3n) is 3.51. The number of aldehydes is 1. The Labute approximate surface area is 91.8 Å². The van der Waals surface area contributed by atoms with Gasteiger partial charge in [-0.05, 0) is 39.2 Å². The summed E-state index contributed by atoms with van der Waals surface area (Å²) in [6.07, 6.45) is 5.90. The van der Waals surface area contributed by atoms with Crippen molar-refractivity contribution in [2.24, 2.45) is 5.92 Å². The van der Waals surface area contributed by atoms with Gasteiger partial charge in [0.2, 0.25) is 0 Å². The fourth-order valence-electron chi connectivity index (χ4n) is 2.56. The van der Waals surface area contributed by atoms with Gasteiger partial charge in [0.1, 0.15) is 12.4 Å². The number of rotatable bonds is 5. The van der Waals surface area contributed by atoms with Crippen LogP contribution in [0, 0.1) is 5.92 Å². The number of hydrogen-bond donors (Lipinski definition) is 0. The predicted octanol–water partition coefficient (Wildman–Crippen LogP) is 1.46. The molecule has 2 atom stereocenters. The largest absolute Gasteiger partial charge is 0.371 e. The van der Waals surface area contributed by atoms with E-state index in [1.54, 1.807) is 0 Å². The molecule has 0 radical (unpaired) electrons. The van der Waals surface area contributed by atoms with Crippen molar-refractivity contribution in [3.8, 4) is 0 Å². The zero-order chi connectivity index (χ0) is 10.7. The van der Waals surface area contributed by atoms with E-state index in [1.807, 2.05) is 6.92 Å². The highest BCUT2D eigenvalue weighted by Crippen LogP contribution is 2.32. The first kappa shape index (κ1) is 11.1. The van der Waals surface area contributed by atoms with Gasteiger partial charge in [0.15, 0.2) is 0 Å². The van der Waals surface area contributed by atoms with E-state index in [1.165, 1.54) is 25.8 Å². The normalized spacial score (nSPS) is 30.1. The second-order valence-electron chi connectivity index (χ2n) is 4.68. The molecule has 0 N–H and O–H groups in total. The predicted molar refractivity (Wildman–Crippen MR) is 58.8 cm³/mol. The molecule has 3 heteroatoms. The third-order valence-corrected chi connectivity index (χ3v) is 3.51. The molecule has 1 saturated heterocycles. The topological polar surface area (TPSA) is 29.5 Å². The van der Waals surface area contributed by atoms with Gasteiger partial charge >= 0.3 is 0 Å². The van der Waals surface area contributed by atoms with E-state index in [9.17, 15) is 4.79 Å². The first-order chi connectivity index (χ1) is 7.35. The van der Waals surface area contributed by atoms with Crippen LogP contribution in [0.15, 0.2) is 0 Å². The molecule has 0 aromatic heterocycles. The van der Waals surface area contributed by atoms with Crippen molar-refractivity contribution >= 4 is 6.29 Å². The van der Waals surface area contributed by atoms with Gasteiger partial charge in [-0.25, -0.2) is 0 Å². The van der Waals surface area contributed by atoms with Crippen molar-refractivity contribution in [1.29, 1.82) is 0 Å². The van der Waals surface area contributed by atoms with Crippen LogP contribution in [0.3, 0.4) is 0 Å². The number of carbonyl (C=O) groups is 1. The van der Waals surface area contributed by atoms with Crippen molar-refractivity contribution in [2.75, 3.05) is 19.7 Å². The number of hydrogen-bond acceptors (Lipinski definition) is 3. The van der Waals surface area contributed by atoms with Gasteiger partial charge < -0.3 is 9.53 Å². The Balaban J connectivity index is 1.86. The summed E-state index contributed by atoms with van der Waals surface area (Å²) in [4.78, 5) is 13.5. The van der Waals surface area contributed by atoms with E-state index >= 15 is 0 Å². The minimum atomic E-state index is -0.170. The molecule has 2 rings (SSSR count). The highest BCUT2D eigenvalue weighted by Gasteiger charge is 2.35. The Morgan fingerprint density at radius 1 is 1.47 bits per heavy atom. The highest BCUT2D eigenvalue weighted by atomic mass is 16.5. The van der Waals surface area contributed by atoms with Crippen LogP contribution in [0.5, 0.6) is 0 Å². The van der Waals surface area contributed by atoms with Crippen molar-refractivity contribution in [1.82, 2.24) is 4.90 Å². The summed E-state index contributed by atoms with van der Waals surface area (Å²) < 4.78 is 5.48. The Morgan fingerprint density at radius 3 is 2.87 bits per heavy atom. The summed E-state index contributed by atoms with van der Waals surface area (Å²) in [6.45, 7) is 4.88. The minimum Gasteiger partial charge on any atom is -0.371 e. The second-order valence-corrected chi connectivity index (χ2v) is 4.68. The van der Waals surface area contributed by atoms with Crippen LogP contribution in [0.2, 0.25) is 0 Å². The first-order valence-electron chi connectivity index (χ1n) is 6.16. The summed E-state index contributed by atoms with van der Waals surface area (Å²) in [5.74, 6) is 0.428. The maximum absolute atomic E-state index is 10.9. The highest BCUT2D eigenvalue weighted by molar-refractivity contribution is 5.56. The van der Waals surface area contributed by atoms with Crippen LogP contribution in [-0.2, 0) is 9.53 Å². The van der Waals surface area contributed by atoms with E-state index in [4.69, 9.17) is 4.74 Å². The summed E-state index contributed by atoms with van der Waals surface area (Å²) >= 11 is 0. The molecule has 0 aromatic carbocycles. The molecule has 0 amide bonds. The fourth-order valence-corrected chi connectivity index (χ4v) is 2.56. The molecule has 2 fully saturated rings. The molecule has 0 aromatic rings. The summed E-state index contributed by atoms with van der Waals surface area (Å²) in [5.41, 5.74) is 0. The molecule has 3 nitrogen and oxygen atoms in total. The van der Waals surface area contributed by atoms with Crippen molar-refractivity contribution in [2.45, 2.75) is 44.8 Å². The van der Waals surface area contributed by atoms with Crippen molar-refractivity contribution in [3.63, 3.8) is 0 Å². The van der Waals surface area contributed by atoms with E-state index in [2.05, 4.69) is 4.90 Å². The van der Waals surface area contributed by atoms with Gasteiger partial charge in [0.05, 0.1) is 0 Å². The molecule has 2 aliphatic rings. The SMILES string of the molecule is CCOC(C=O)C1CCCN(C2CC2)C1. The molecule has 0 bridgehead atoms. The quantitative estimate of drug-likeness (QED) is 0.645. The monoisotopic (exact) mass is 211 g/mol. The number of piperidine rings is 1. The standard InChI is InChI=1S/C12H21NO2/c1-2-15-12(9-14)10-4-3-7-13(8-10)11-5-6-11/h9-12H,2-8H2,1H3. The van der Waals surface area contributed by atoms with Gasteiger partial charge in [-0.2, -0.15) is 0 Å². The maximum Gasteiger partial charge on any atom is 0.149 e. The van der Waals surface area contributed by atoms with Gasteiger partial charge in [0, 0.05) is 25.1 Å². The molecule has 15 heavy (non-hydrogen) atoms. The Bertz CT molecular complexity index is 216. The van der Waals surface area contributed by atoms with Gasteiger partial charge in [0.25, 0.3) is 0 Å². The number of carbonyl (C=O) groups excluding carboxylic acids is 1. The molecule has 86 valence electrons. The number of ether oxygens (including phenoxy) is 1. The smallest absolute Gasteiger partial charge is 0.149 e. The van der Waals surface area contributed by atoms with Crippen LogP contribution >= 0.6 is 0 Å². The average molecular weight is 211 g/mol.